The molecule has 0 saturated carbocycles. The summed E-state index contributed by atoms with van der Waals surface area (Å²) in [6, 6.07) is 1.90. The summed E-state index contributed by atoms with van der Waals surface area (Å²) in [7, 11) is 3.56. The lowest BCUT2D eigenvalue weighted by Gasteiger charge is -2.31. The number of aryl methyl sites for hydroxylation is 1. The molecule has 9 nitrogen and oxygen atoms in total. The first-order chi connectivity index (χ1) is 13.7. The van der Waals surface area contributed by atoms with Crippen LogP contribution in [0.2, 0.25) is 0 Å². The third-order valence-electron chi connectivity index (χ3n) is 4.88. The van der Waals surface area contributed by atoms with E-state index in [2.05, 4.69) is 20.7 Å². The van der Waals surface area contributed by atoms with E-state index < -0.39 is 0 Å². The molecule has 1 fully saturated rings. The summed E-state index contributed by atoms with van der Waals surface area (Å²) in [4.78, 5) is 23.4. The van der Waals surface area contributed by atoms with Crippen molar-refractivity contribution in [2.45, 2.75) is 18.8 Å². The number of piperidine rings is 1. The Hall–Kier alpha value is -2.52. The van der Waals surface area contributed by atoms with Crippen molar-refractivity contribution in [2.24, 2.45) is 7.05 Å². The average molecular weight is 387 g/mol. The molecule has 28 heavy (non-hydrogen) atoms. The lowest BCUT2D eigenvalue weighted by atomic mass is 9.96. The summed E-state index contributed by atoms with van der Waals surface area (Å²) >= 11 is 0. The van der Waals surface area contributed by atoms with Crippen molar-refractivity contribution in [3.63, 3.8) is 0 Å². The number of carbonyl (C=O) groups excluding carboxylic acids is 1. The van der Waals surface area contributed by atoms with Crippen LogP contribution in [0.15, 0.2) is 24.7 Å². The number of rotatable bonds is 8. The Kier molecular flexibility index (Phi) is 7.32. The van der Waals surface area contributed by atoms with Gasteiger partial charge in [0.15, 0.2) is 0 Å². The molecule has 3 rings (SSSR count). The molecule has 9 heteroatoms. The van der Waals surface area contributed by atoms with Gasteiger partial charge < -0.3 is 20.3 Å². The molecule has 2 aromatic rings. The van der Waals surface area contributed by atoms with E-state index in [4.69, 9.17) is 9.72 Å². The van der Waals surface area contributed by atoms with Gasteiger partial charge >= 0.3 is 6.03 Å². The highest BCUT2D eigenvalue weighted by Crippen LogP contribution is 2.27. The third-order valence-corrected chi connectivity index (χ3v) is 4.88. The Bertz CT molecular complexity index is 756. The van der Waals surface area contributed by atoms with Crippen molar-refractivity contribution >= 4 is 6.03 Å². The number of nitrogens with one attached hydrogen (secondary N) is 2. The van der Waals surface area contributed by atoms with E-state index in [9.17, 15) is 4.79 Å². The largest absolute Gasteiger partial charge is 0.383 e. The number of hydrogen-bond acceptors (Lipinski definition) is 6. The molecule has 0 spiro atoms. The van der Waals surface area contributed by atoms with E-state index in [0.717, 1.165) is 43.0 Å². The van der Waals surface area contributed by atoms with Crippen LogP contribution in [0, 0.1) is 0 Å². The van der Waals surface area contributed by atoms with Gasteiger partial charge in [0, 0.05) is 70.8 Å². The normalized spacial score (nSPS) is 15.0. The van der Waals surface area contributed by atoms with Crippen LogP contribution in [0.5, 0.6) is 0 Å². The van der Waals surface area contributed by atoms with Gasteiger partial charge in [-0.25, -0.2) is 14.8 Å². The molecular weight excluding hydrogens is 358 g/mol. The van der Waals surface area contributed by atoms with Crippen molar-refractivity contribution in [1.29, 1.82) is 0 Å². The lowest BCUT2D eigenvalue weighted by molar-refractivity contribution is 0.180. The van der Waals surface area contributed by atoms with E-state index in [1.807, 2.05) is 30.4 Å². The molecule has 2 N–H and O–H groups in total. The van der Waals surface area contributed by atoms with E-state index in [-0.39, 0.29) is 11.9 Å². The van der Waals surface area contributed by atoms with Gasteiger partial charge in [0.05, 0.1) is 18.5 Å². The highest BCUT2D eigenvalue weighted by Gasteiger charge is 2.25. The number of aromatic nitrogens is 4. The first-order valence-corrected chi connectivity index (χ1v) is 9.71. The van der Waals surface area contributed by atoms with Crippen LogP contribution in [0.1, 0.15) is 24.6 Å². The fourth-order valence-electron chi connectivity index (χ4n) is 3.29. The summed E-state index contributed by atoms with van der Waals surface area (Å²) in [6.07, 6.45) is 7.30. The van der Waals surface area contributed by atoms with Crippen molar-refractivity contribution in [1.82, 2.24) is 35.3 Å². The fraction of sp³-hybridized carbons (Fsp3) is 0.579. The predicted molar refractivity (Wildman–Crippen MR) is 106 cm³/mol. The number of amides is 2. The Morgan fingerprint density at radius 1 is 1.29 bits per heavy atom. The van der Waals surface area contributed by atoms with Crippen molar-refractivity contribution < 1.29 is 9.53 Å². The summed E-state index contributed by atoms with van der Waals surface area (Å²) < 4.78 is 6.74. The number of hydrogen-bond donors (Lipinski definition) is 2. The molecule has 2 aromatic heterocycles. The van der Waals surface area contributed by atoms with Crippen LogP contribution in [0.25, 0.3) is 11.3 Å². The molecule has 152 valence electrons. The van der Waals surface area contributed by atoms with E-state index >= 15 is 0 Å². The number of nitrogens with zero attached hydrogens (tertiary/aromatic N) is 5. The van der Waals surface area contributed by atoms with Crippen LogP contribution < -0.4 is 10.6 Å². The Labute approximate surface area is 165 Å². The third kappa shape index (κ3) is 5.49. The molecule has 0 aliphatic carbocycles. The van der Waals surface area contributed by atoms with Gasteiger partial charge in [-0.15, -0.1) is 0 Å². The summed E-state index contributed by atoms with van der Waals surface area (Å²) in [5.74, 6) is 1.13. The molecule has 1 saturated heterocycles. The number of methoxy groups -OCH3 is 1. The zero-order chi connectivity index (χ0) is 19.8. The number of urea groups is 1. The second kappa shape index (κ2) is 10.1. The quantitative estimate of drug-likeness (QED) is 0.656. The number of carbonyl (C=O) groups is 1. The topological polar surface area (TPSA) is 97.2 Å². The summed E-state index contributed by atoms with van der Waals surface area (Å²) in [5.41, 5.74) is 1.88. The van der Waals surface area contributed by atoms with Gasteiger partial charge in [0.2, 0.25) is 0 Å². The molecule has 3 heterocycles. The summed E-state index contributed by atoms with van der Waals surface area (Å²) in [5, 5.41) is 10.4. The molecule has 0 aromatic carbocycles. The maximum Gasteiger partial charge on any atom is 0.317 e. The number of likely N-dealkylation sites (tertiary alicyclic amines) is 1. The monoisotopic (exact) mass is 387 g/mol. The number of ether oxygens (including phenoxy) is 1. The Morgan fingerprint density at radius 2 is 2.11 bits per heavy atom. The van der Waals surface area contributed by atoms with Crippen LogP contribution in [0.4, 0.5) is 4.79 Å². The van der Waals surface area contributed by atoms with Gasteiger partial charge in [0.25, 0.3) is 0 Å². The SMILES string of the molecule is COCCNCCNC(=O)N1CCC(c2nccc(-c3cnn(C)c3)n2)CC1. The van der Waals surface area contributed by atoms with Gasteiger partial charge in [-0.1, -0.05) is 0 Å². The van der Waals surface area contributed by atoms with Crippen LogP contribution in [0.3, 0.4) is 0 Å². The van der Waals surface area contributed by atoms with Crippen molar-refractivity contribution in [3.8, 4) is 11.3 Å². The van der Waals surface area contributed by atoms with E-state index in [1.165, 1.54) is 0 Å². The molecule has 0 unspecified atom stereocenters. The molecular formula is C19H29N7O2. The van der Waals surface area contributed by atoms with E-state index in [1.54, 1.807) is 18.0 Å². The first kappa shape index (κ1) is 20.2. The summed E-state index contributed by atoms with van der Waals surface area (Å²) in [6.45, 7) is 4.24. The van der Waals surface area contributed by atoms with Crippen LogP contribution >= 0.6 is 0 Å². The van der Waals surface area contributed by atoms with Gasteiger partial charge in [-0.3, -0.25) is 4.68 Å². The standard InChI is InChI=1S/C19H29N7O2/c1-25-14-16(13-23-25)17-3-6-21-18(24-17)15-4-10-26(11-5-15)19(27)22-8-7-20-9-12-28-2/h3,6,13-15,20H,4-5,7-12H2,1-2H3,(H,22,27). The van der Waals surface area contributed by atoms with E-state index in [0.29, 0.717) is 26.2 Å². The van der Waals surface area contributed by atoms with Crippen molar-refractivity contribution in [2.75, 3.05) is 46.4 Å². The maximum absolute atomic E-state index is 12.3. The predicted octanol–water partition coefficient (Wildman–Crippen LogP) is 1.00. The zero-order valence-electron chi connectivity index (χ0n) is 16.6. The smallest absolute Gasteiger partial charge is 0.317 e. The Balaban J connectivity index is 1.45. The van der Waals surface area contributed by atoms with Gasteiger partial charge in [-0.2, -0.15) is 5.10 Å². The van der Waals surface area contributed by atoms with Gasteiger partial charge in [0.1, 0.15) is 5.82 Å². The maximum atomic E-state index is 12.3. The van der Waals surface area contributed by atoms with Gasteiger partial charge in [-0.05, 0) is 18.9 Å². The second-order valence-corrected chi connectivity index (χ2v) is 6.94. The lowest BCUT2D eigenvalue weighted by Crippen LogP contribution is -2.46. The first-order valence-electron chi connectivity index (χ1n) is 9.71. The highest BCUT2D eigenvalue weighted by atomic mass is 16.5. The van der Waals surface area contributed by atoms with Crippen LogP contribution in [-0.2, 0) is 11.8 Å². The molecule has 0 atom stereocenters. The minimum atomic E-state index is -0.00276. The molecule has 1 aliphatic heterocycles. The van der Waals surface area contributed by atoms with Crippen LogP contribution in [-0.4, -0.2) is 77.1 Å². The highest BCUT2D eigenvalue weighted by molar-refractivity contribution is 5.74. The molecule has 0 radical (unpaired) electrons. The fourth-order valence-corrected chi connectivity index (χ4v) is 3.29. The molecule has 1 aliphatic rings. The second-order valence-electron chi connectivity index (χ2n) is 6.94. The molecule has 2 amide bonds. The zero-order valence-corrected chi connectivity index (χ0v) is 16.6. The Morgan fingerprint density at radius 3 is 2.82 bits per heavy atom. The average Bonchev–Trinajstić information content (AvgIpc) is 3.17. The van der Waals surface area contributed by atoms with Crippen molar-refractivity contribution in [3.05, 3.63) is 30.5 Å². The minimum absolute atomic E-state index is 0.00276. The molecule has 0 bridgehead atoms. The minimum Gasteiger partial charge on any atom is -0.383 e.